The molecular weight excluding hydrogens is 292 g/mol. The average Bonchev–Trinajstić information content (AvgIpc) is 2.55. The number of aliphatic carboxylic acids is 2. The van der Waals surface area contributed by atoms with Gasteiger partial charge in [-0.25, -0.2) is 4.79 Å². The van der Waals surface area contributed by atoms with Crippen molar-refractivity contribution in [2.75, 3.05) is 31.1 Å². The van der Waals surface area contributed by atoms with Gasteiger partial charge in [-0.1, -0.05) is 18.2 Å². The molecule has 1 aromatic rings. The van der Waals surface area contributed by atoms with E-state index in [1.807, 2.05) is 0 Å². The van der Waals surface area contributed by atoms with Crippen molar-refractivity contribution in [3.8, 4) is 0 Å². The first-order valence-corrected chi connectivity index (χ1v) is 6.85. The van der Waals surface area contributed by atoms with Gasteiger partial charge >= 0.3 is 5.97 Å². The Morgan fingerprint density at radius 3 is 2.05 bits per heavy atom. The summed E-state index contributed by atoms with van der Waals surface area (Å²) in [6, 6.07) is 10.7. The lowest BCUT2D eigenvalue weighted by atomic mass is 10.2. The van der Waals surface area contributed by atoms with Crippen LogP contribution in [0.5, 0.6) is 0 Å². The molecule has 2 rings (SSSR count). The molecule has 8 heteroatoms. The van der Waals surface area contributed by atoms with Crippen LogP contribution in [0.15, 0.2) is 30.3 Å². The van der Waals surface area contributed by atoms with Crippen LogP contribution in [0, 0.1) is 0 Å². The number of aliphatic hydroxyl groups is 2. The molecule has 122 valence electrons. The molecule has 0 radical (unpaired) electrons. The second-order valence-corrected chi connectivity index (χ2v) is 4.74. The van der Waals surface area contributed by atoms with Gasteiger partial charge in [0, 0.05) is 5.69 Å². The molecule has 8 nitrogen and oxygen atoms in total. The van der Waals surface area contributed by atoms with Gasteiger partial charge in [0.15, 0.2) is 6.10 Å². The number of nitrogens with two attached hydrogens (primary N) is 1. The zero-order chi connectivity index (χ0) is 16.5. The number of para-hydroxylation sites is 1. The minimum atomic E-state index is -2.38. The summed E-state index contributed by atoms with van der Waals surface area (Å²) in [6.45, 7) is 4.83. The number of anilines is 1. The number of benzene rings is 1. The minimum Gasteiger partial charge on any atom is -0.547 e. The van der Waals surface area contributed by atoms with Crippen LogP contribution in [-0.2, 0) is 9.59 Å². The number of rotatable bonds is 4. The van der Waals surface area contributed by atoms with Crippen molar-refractivity contribution in [1.82, 2.24) is 0 Å². The molecule has 1 saturated heterocycles. The molecule has 1 heterocycles. The highest BCUT2D eigenvalue weighted by atomic mass is 16.4. The normalized spacial score (nSPS) is 16.9. The van der Waals surface area contributed by atoms with Gasteiger partial charge in [-0.05, 0) is 12.1 Å². The maximum Gasteiger partial charge on any atom is 0.335 e. The first-order chi connectivity index (χ1) is 10.4. The fourth-order valence-electron chi connectivity index (χ4n) is 1.91. The third-order valence-corrected chi connectivity index (χ3v) is 3.12. The molecule has 1 fully saturated rings. The molecule has 0 saturated carbocycles. The zero-order valence-corrected chi connectivity index (χ0v) is 12.0. The molecule has 0 amide bonds. The molecule has 0 spiro atoms. The Labute approximate surface area is 127 Å². The largest absolute Gasteiger partial charge is 0.547 e. The van der Waals surface area contributed by atoms with Gasteiger partial charge in [-0.2, -0.15) is 0 Å². The summed E-state index contributed by atoms with van der Waals surface area (Å²) in [5.74, 6) is -3.83. The van der Waals surface area contributed by atoms with E-state index in [1.54, 1.807) is 0 Å². The van der Waals surface area contributed by atoms with Gasteiger partial charge in [0.1, 0.15) is 6.10 Å². The predicted molar refractivity (Wildman–Crippen MR) is 75.0 cm³/mol. The first kappa shape index (κ1) is 17.9. The Bertz CT molecular complexity index is 457. The van der Waals surface area contributed by atoms with Gasteiger partial charge in [0.25, 0.3) is 0 Å². The standard InChI is InChI=1S/C10H14N2.C4H6O6/c1-2-4-10(5-3-1)12-8-6-11-7-9-12;5-1(3(7)8)2(6)4(9)10/h1-5,11H,6-9H2;1-2,5-6H,(H,7,8)(H,9,10). The number of hydrogen-bond donors (Lipinski definition) is 4. The molecule has 1 aromatic carbocycles. The second kappa shape index (κ2) is 8.98. The van der Waals surface area contributed by atoms with Crippen LogP contribution >= 0.6 is 0 Å². The summed E-state index contributed by atoms with van der Waals surface area (Å²) in [6.07, 6.45) is -4.71. The monoisotopic (exact) mass is 312 g/mol. The molecular formula is C14H20N2O6. The molecule has 0 aliphatic carbocycles. The summed E-state index contributed by atoms with van der Waals surface area (Å²) in [5.41, 5.74) is 1.37. The van der Waals surface area contributed by atoms with Crippen molar-refractivity contribution in [2.24, 2.45) is 0 Å². The van der Waals surface area contributed by atoms with Gasteiger partial charge in [-0.3, -0.25) is 0 Å². The summed E-state index contributed by atoms with van der Waals surface area (Å²) in [4.78, 5) is 21.8. The number of piperazine rings is 1. The first-order valence-electron chi connectivity index (χ1n) is 6.85. The van der Waals surface area contributed by atoms with Crippen molar-refractivity contribution in [2.45, 2.75) is 12.2 Å². The van der Waals surface area contributed by atoms with Gasteiger partial charge in [0.2, 0.25) is 0 Å². The van der Waals surface area contributed by atoms with Crippen molar-refractivity contribution in [1.29, 1.82) is 0 Å². The topological polar surface area (TPSA) is 138 Å². The van der Waals surface area contributed by atoms with Crippen molar-refractivity contribution < 1.29 is 35.3 Å². The van der Waals surface area contributed by atoms with Crippen LogP contribution in [0.3, 0.4) is 0 Å². The lowest BCUT2D eigenvalue weighted by Crippen LogP contribution is -2.89. The van der Waals surface area contributed by atoms with E-state index < -0.39 is 24.1 Å². The fourth-order valence-corrected chi connectivity index (χ4v) is 1.91. The molecule has 0 bridgehead atoms. The van der Waals surface area contributed by atoms with Crippen molar-refractivity contribution >= 4 is 17.6 Å². The van der Waals surface area contributed by atoms with E-state index in [1.165, 1.54) is 31.9 Å². The second-order valence-electron chi connectivity index (χ2n) is 4.74. The SMILES string of the molecule is O=C([O-])C(O)C(O)C(=O)O.c1ccc(N2CC[NH2+]CC2)cc1. The average molecular weight is 312 g/mol. The number of hydrogen-bond acceptors (Lipinski definition) is 6. The Balaban J connectivity index is 0.000000225. The number of nitrogens with zero attached hydrogens (tertiary/aromatic N) is 1. The van der Waals surface area contributed by atoms with E-state index in [-0.39, 0.29) is 0 Å². The van der Waals surface area contributed by atoms with Gasteiger partial charge in [0.05, 0.1) is 32.1 Å². The van der Waals surface area contributed by atoms with Crippen LogP contribution < -0.4 is 15.3 Å². The van der Waals surface area contributed by atoms with E-state index in [0.29, 0.717) is 0 Å². The molecule has 2 unspecified atom stereocenters. The highest BCUT2D eigenvalue weighted by Crippen LogP contribution is 2.11. The third kappa shape index (κ3) is 5.68. The Kier molecular flexibility index (Phi) is 7.30. The lowest BCUT2D eigenvalue weighted by molar-refractivity contribution is -0.655. The van der Waals surface area contributed by atoms with Crippen molar-refractivity contribution in [3.05, 3.63) is 30.3 Å². The molecule has 5 N–H and O–H groups in total. The highest BCUT2D eigenvalue weighted by molar-refractivity contribution is 5.82. The summed E-state index contributed by atoms with van der Waals surface area (Å²) in [5, 5.41) is 36.5. The van der Waals surface area contributed by atoms with E-state index in [2.05, 4.69) is 40.5 Å². The van der Waals surface area contributed by atoms with E-state index in [0.717, 1.165) is 0 Å². The molecule has 0 aromatic heterocycles. The van der Waals surface area contributed by atoms with Gasteiger partial charge in [-0.15, -0.1) is 0 Å². The lowest BCUT2D eigenvalue weighted by Gasteiger charge is -2.27. The number of aliphatic hydroxyl groups excluding tert-OH is 2. The van der Waals surface area contributed by atoms with E-state index >= 15 is 0 Å². The number of quaternary nitrogens is 1. The highest BCUT2D eigenvalue weighted by Gasteiger charge is 2.23. The van der Waals surface area contributed by atoms with E-state index in [4.69, 9.17) is 15.3 Å². The quantitative estimate of drug-likeness (QED) is 0.455. The smallest absolute Gasteiger partial charge is 0.335 e. The van der Waals surface area contributed by atoms with Crippen LogP contribution in [0.4, 0.5) is 5.69 Å². The van der Waals surface area contributed by atoms with Gasteiger partial charge < -0.3 is 35.4 Å². The Morgan fingerprint density at radius 1 is 1.09 bits per heavy atom. The minimum absolute atomic E-state index is 1.18. The van der Waals surface area contributed by atoms with Crippen LogP contribution in [0.2, 0.25) is 0 Å². The molecule has 1 aliphatic rings. The zero-order valence-electron chi connectivity index (χ0n) is 12.0. The number of carboxylic acids is 2. The fraction of sp³-hybridized carbons (Fsp3) is 0.429. The maximum absolute atomic E-state index is 9.74. The molecule has 1 aliphatic heterocycles. The predicted octanol–water partition coefficient (Wildman–Crippen LogP) is -3.39. The number of carbonyl (C=O) groups is 2. The molecule has 2 atom stereocenters. The third-order valence-electron chi connectivity index (χ3n) is 3.12. The van der Waals surface area contributed by atoms with Crippen LogP contribution in [0.25, 0.3) is 0 Å². The Morgan fingerprint density at radius 2 is 1.64 bits per heavy atom. The maximum atomic E-state index is 9.74. The van der Waals surface area contributed by atoms with Crippen LogP contribution in [0.1, 0.15) is 0 Å². The van der Waals surface area contributed by atoms with Crippen molar-refractivity contribution in [3.63, 3.8) is 0 Å². The number of carbonyl (C=O) groups excluding carboxylic acids is 1. The summed E-state index contributed by atoms with van der Waals surface area (Å²) in [7, 11) is 0. The Hall–Kier alpha value is -2.16. The number of carboxylic acid groups (broad SMARTS) is 2. The van der Waals surface area contributed by atoms with E-state index in [9.17, 15) is 14.7 Å². The summed E-state index contributed by atoms with van der Waals surface area (Å²) < 4.78 is 0. The van der Waals surface area contributed by atoms with Crippen LogP contribution in [-0.4, -0.2) is 65.6 Å². The summed E-state index contributed by atoms with van der Waals surface area (Å²) >= 11 is 0. The molecule has 22 heavy (non-hydrogen) atoms.